The zero-order valence-corrected chi connectivity index (χ0v) is 18.7. The van der Waals surface area contributed by atoms with Crippen LogP contribution in [-0.2, 0) is 30.9 Å². The fraction of sp³-hybridized carbons (Fsp3) is 0.360. The fourth-order valence-electron chi connectivity index (χ4n) is 3.82. The summed E-state index contributed by atoms with van der Waals surface area (Å²) in [5.41, 5.74) is 5.12. The summed E-state index contributed by atoms with van der Waals surface area (Å²) in [7, 11) is 1.81. The number of ether oxygens (including phenoxy) is 1. The molecule has 1 aliphatic rings. The molecule has 0 unspecified atom stereocenters. The summed E-state index contributed by atoms with van der Waals surface area (Å²) < 4.78 is 7.54. The van der Waals surface area contributed by atoms with E-state index in [1.165, 1.54) is 22.3 Å². The number of rotatable bonds is 8. The molecule has 3 aromatic rings. The van der Waals surface area contributed by atoms with Crippen LogP contribution in [0.15, 0.2) is 72.2 Å². The first-order valence-electron chi connectivity index (χ1n) is 11.1. The van der Waals surface area contributed by atoms with E-state index in [1.807, 2.05) is 19.6 Å². The average Bonchev–Trinajstić information content (AvgIpc) is 3.35. The molecule has 2 aromatic carbocycles. The molecular formula is C25H32N6O. The molecule has 32 heavy (non-hydrogen) atoms. The topological polar surface area (TPSA) is 66.7 Å². The summed E-state index contributed by atoms with van der Waals surface area (Å²) in [4.78, 5) is 10.9. The number of hydrogen-bond donors (Lipinski definition) is 2. The Kier molecular flexibility index (Phi) is 7.89. The molecule has 168 valence electrons. The second-order valence-corrected chi connectivity index (χ2v) is 7.99. The summed E-state index contributed by atoms with van der Waals surface area (Å²) in [5.74, 6) is 0.800. The van der Waals surface area contributed by atoms with Gasteiger partial charge in [0.05, 0.1) is 19.5 Å². The third kappa shape index (κ3) is 6.42. The van der Waals surface area contributed by atoms with Gasteiger partial charge in [-0.2, -0.15) is 0 Å². The lowest BCUT2D eigenvalue weighted by atomic mass is 10.1. The summed E-state index contributed by atoms with van der Waals surface area (Å²) in [6, 6.07) is 17.3. The molecule has 0 atom stereocenters. The summed E-state index contributed by atoms with van der Waals surface area (Å²) in [6.45, 7) is 6.88. The van der Waals surface area contributed by atoms with E-state index < -0.39 is 0 Å². The van der Waals surface area contributed by atoms with Crippen LogP contribution in [0.5, 0.6) is 0 Å². The van der Waals surface area contributed by atoms with Crippen LogP contribution < -0.4 is 10.6 Å². The highest BCUT2D eigenvalue weighted by Crippen LogP contribution is 2.13. The van der Waals surface area contributed by atoms with E-state index in [0.29, 0.717) is 0 Å². The molecule has 7 heteroatoms. The van der Waals surface area contributed by atoms with Gasteiger partial charge in [-0.1, -0.05) is 48.5 Å². The minimum absolute atomic E-state index is 0.723. The predicted octanol–water partition coefficient (Wildman–Crippen LogP) is 2.63. The standard InChI is InChI=1S/C25H32N6O/c1-26-25(28-16-21-6-8-22(9-7-21)18-31-11-10-27-20-31)29-17-23-4-2-3-5-24(23)19-30-12-14-32-15-13-30/h2-11,20H,12-19H2,1H3,(H2,26,28,29). The number of imidazole rings is 1. The van der Waals surface area contributed by atoms with E-state index in [2.05, 4.69) is 78.6 Å². The highest BCUT2D eigenvalue weighted by atomic mass is 16.5. The highest BCUT2D eigenvalue weighted by molar-refractivity contribution is 5.79. The van der Waals surface area contributed by atoms with Crippen molar-refractivity contribution in [2.24, 2.45) is 4.99 Å². The number of aliphatic imine (C=N–C) groups is 1. The first kappa shape index (κ1) is 22.0. The van der Waals surface area contributed by atoms with Crippen LogP contribution in [-0.4, -0.2) is 53.8 Å². The molecule has 4 rings (SSSR count). The Bertz CT molecular complexity index is 978. The fourth-order valence-corrected chi connectivity index (χ4v) is 3.82. The molecule has 0 amide bonds. The first-order chi connectivity index (χ1) is 15.8. The van der Waals surface area contributed by atoms with Crippen molar-refractivity contribution in [3.05, 3.63) is 89.5 Å². The van der Waals surface area contributed by atoms with Crippen LogP contribution in [0.25, 0.3) is 0 Å². The SMILES string of the molecule is CN=C(NCc1ccc(Cn2ccnc2)cc1)NCc1ccccc1CN1CCOCC1. The predicted molar refractivity (Wildman–Crippen MR) is 127 cm³/mol. The Hall–Kier alpha value is -3.16. The van der Waals surface area contributed by atoms with E-state index in [9.17, 15) is 0 Å². The van der Waals surface area contributed by atoms with E-state index in [0.717, 1.165) is 58.4 Å². The molecule has 0 radical (unpaired) electrons. The van der Waals surface area contributed by atoms with Gasteiger partial charge in [-0.3, -0.25) is 9.89 Å². The van der Waals surface area contributed by atoms with Gasteiger partial charge < -0.3 is 19.9 Å². The van der Waals surface area contributed by atoms with E-state index in [1.54, 1.807) is 6.20 Å². The Morgan fingerprint density at radius 1 is 0.938 bits per heavy atom. The number of nitrogens with one attached hydrogen (secondary N) is 2. The number of aromatic nitrogens is 2. The third-order valence-electron chi connectivity index (χ3n) is 5.69. The monoisotopic (exact) mass is 432 g/mol. The Morgan fingerprint density at radius 2 is 1.66 bits per heavy atom. The largest absolute Gasteiger partial charge is 0.379 e. The summed E-state index contributed by atoms with van der Waals surface area (Å²) in [6.07, 6.45) is 5.62. The van der Waals surface area contributed by atoms with Gasteiger partial charge in [-0.25, -0.2) is 4.98 Å². The lowest BCUT2D eigenvalue weighted by molar-refractivity contribution is 0.0341. The molecule has 2 heterocycles. The molecular weight excluding hydrogens is 400 g/mol. The molecule has 1 aromatic heterocycles. The van der Waals surface area contributed by atoms with Gasteiger partial charge in [0.2, 0.25) is 0 Å². The second kappa shape index (κ2) is 11.5. The van der Waals surface area contributed by atoms with E-state index >= 15 is 0 Å². The van der Waals surface area contributed by atoms with Crippen molar-refractivity contribution in [3.63, 3.8) is 0 Å². The summed E-state index contributed by atoms with van der Waals surface area (Å²) in [5, 5.41) is 6.88. The van der Waals surface area contributed by atoms with E-state index in [-0.39, 0.29) is 0 Å². The van der Waals surface area contributed by atoms with Crippen molar-refractivity contribution >= 4 is 5.96 Å². The normalized spacial score (nSPS) is 15.0. The molecule has 2 N–H and O–H groups in total. The van der Waals surface area contributed by atoms with Gasteiger partial charge in [-0.05, 0) is 22.3 Å². The Labute approximate surface area is 190 Å². The molecule has 1 aliphatic heterocycles. The van der Waals surface area contributed by atoms with Crippen molar-refractivity contribution in [1.29, 1.82) is 0 Å². The molecule has 1 fully saturated rings. The van der Waals surface area contributed by atoms with Crippen LogP contribution >= 0.6 is 0 Å². The maximum atomic E-state index is 5.47. The lowest BCUT2D eigenvalue weighted by Gasteiger charge is -2.27. The van der Waals surface area contributed by atoms with Crippen molar-refractivity contribution in [2.45, 2.75) is 26.2 Å². The smallest absolute Gasteiger partial charge is 0.191 e. The maximum absolute atomic E-state index is 5.47. The highest BCUT2D eigenvalue weighted by Gasteiger charge is 2.12. The zero-order chi connectivity index (χ0) is 22.0. The number of guanidine groups is 1. The molecule has 0 saturated carbocycles. The van der Waals surface area contributed by atoms with Crippen molar-refractivity contribution in [1.82, 2.24) is 25.1 Å². The van der Waals surface area contributed by atoms with Crippen molar-refractivity contribution in [3.8, 4) is 0 Å². The average molecular weight is 433 g/mol. The number of morpholine rings is 1. The molecule has 0 bridgehead atoms. The van der Waals surface area contributed by atoms with Gasteiger partial charge in [0, 0.05) is 58.7 Å². The van der Waals surface area contributed by atoms with Crippen molar-refractivity contribution < 1.29 is 4.74 Å². The van der Waals surface area contributed by atoms with Crippen LogP contribution in [0.2, 0.25) is 0 Å². The minimum atomic E-state index is 0.723. The maximum Gasteiger partial charge on any atom is 0.191 e. The zero-order valence-electron chi connectivity index (χ0n) is 18.7. The van der Waals surface area contributed by atoms with Crippen LogP contribution in [0.1, 0.15) is 22.3 Å². The number of benzene rings is 2. The van der Waals surface area contributed by atoms with Gasteiger partial charge in [0.15, 0.2) is 5.96 Å². The van der Waals surface area contributed by atoms with Crippen molar-refractivity contribution in [2.75, 3.05) is 33.4 Å². The summed E-state index contributed by atoms with van der Waals surface area (Å²) >= 11 is 0. The van der Waals surface area contributed by atoms with Gasteiger partial charge in [0.25, 0.3) is 0 Å². The van der Waals surface area contributed by atoms with Crippen LogP contribution in [0.3, 0.4) is 0 Å². The van der Waals surface area contributed by atoms with Gasteiger partial charge in [-0.15, -0.1) is 0 Å². The minimum Gasteiger partial charge on any atom is -0.379 e. The van der Waals surface area contributed by atoms with Crippen LogP contribution in [0.4, 0.5) is 0 Å². The Balaban J connectivity index is 1.27. The third-order valence-corrected chi connectivity index (χ3v) is 5.69. The Morgan fingerprint density at radius 3 is 2.38 bits per heavy atom. The molecule has 1 saturated heterocycles. The first-order valence-corrected chi connectivity index (χ1v) is 11.1. The van der Waals surface area contributed by atoms with Gasteiger partial charge >= 0.3 is 0 Å². The van der Waals surface area contributed by atoms with Gasteiger partial charge in [0.1, 0.15) is 0 Å². The number of nitrogens with zero attached hydrogens (tertiary/aromatic N) is 4. The number of hydrogen-bond acceptors (Lipinski definition) is 4. The molecule has 0 spiro atoms. The van der Waals surface area contributed by atoms with Crippen LogP contribution in [0, 0.1) is 0 Å². The lowest BCUT2D eigenvalue weighted by Crippen LogP contribution is -2.37. The van der Waals surface area contributed by atoms with E-state index in [4.69, 9.17) is 4.74 Å². The molecule has 7 nitrogen and oxygen atoms in total. The second-order valence-electron chi connectivity index (χ2n) is 7.99. The quantitative estimate of drug-likeness (QED) is 0.423. The molecule has 0 aliphatic carbocycles.